The summed E-state index contributed by atoms with van der Waals surface area (Å²) in [6.45, 7) is 2.27. The SMILES string of the molecule is Cc1nn(Cc2ccc3ncc(Cl)cc3c2)nc1C#N. The van der Waals surface area contributed by atoms with E-state index < -0.39 is 0 Å². The third kappa shape index (κ3) is 2.33. The predicted molar refractivity (Wildman–Crippen MR) is 75.3 cm³/mol. The molecule has 0 aliphatic heterocycles. The first-order valence-corrected chi connectivity index (χ1v) is 6.39. The van der Waals surface area contributed by atoms with Gasteiger partial charge >= 0.3 is 0 Å². The van der Waals surface area contributed by atoms with Crippen LogP contribution in [0.4, 0.5) is 0 Å². The van der Waals surface area contributed by atoms with Gasteiger partial charge < -0.3 is 0 Å². The maximum absolute atomic E-state index is 8.88. The molecule has 3 aromatic rings. The highest BCUT2D eigenvalue weighted by Gasteiger charge is 2.07. The van der Waals surface area contributed by atoms with Gasteiger partial charge in [-0.3, -0.25) is 4.98 Å². The zero-order chi connectivity index (χ0) is 14.1. The van der Waals surface area contributed by atoms with Crippen LogP contribution in [0.3, 0.4) is 0 Å². The Labute approximate surface area is 120 Å². The first-order valence-electron chi connectivity index (χ1n) is 6.02. The molecule has 20 heavy (non-hydrogen) atoms. The van der Waals surface area contributed by atoms with E-state index in [-0.39, 0.29) is 0 Å². The van der Waals surface area contributed by atoms with Gasteiger partial charge in [0.05, 0.1) is 22.8 Å². The van der Waals surface area contributed by atoms with Crippen LogP contribution in [0.5, 0.6) is 0 Å². The van der Waals surface area contributed by atoms with Crippen molar-refractivity contribution >= 4 is 22.5 Å². The standard InChI is InChI=1S/C14H10ClN5/c1-9-14(6-16)19-20(18-9)8-10-2-3-13-11(4-10)5-12(15)7-17-13/h2-5,7H,8H2,1H3. The Morgan fingerprint density at radius 1 is 1.30 bits per heavy atom. The fourth-order valence-corrected chi connectivity index (χ4v) is 2.19. The maximum atomic E-state index is 8.88. The Hall–Kier alpha value is -2.45. The predicted octanol–water partition coefficient (Wildman–Crippen LogP) is 2.71. The van der Waals surface area contributed by atoms with Gasteiger partial charge in [0.1, 0.15) is 6.07 Å². The lowest BCUT2D eigenvalue weighted by atomic mass is 10.1. The van der Waals surface area contributed by atoms with Gasteiger partial charge in [0.25, 0.3) is 0 Å². The van der Waals surface area contributed by atoms with Gasteiger partial charge in [0.15, 0.2) is 5.69 Å². The van der Waals surface area contributed by atoms with E-state index in [0.29, 0.717) is 23.0 Å². The smallest absolute Gasteiger partial charge is 0.185 e. The monoisotopic (exact) mass is 283 g/mol. The molecule has 98 valence electrons. The van der Waals surface area contributed by atoms with Crippen LogP contribution in [0.15, 0.2) is 30.5 Å². The molecule has 0 fully saturated rings. The molecule has 1 aromatic carbocycles. The van der Waals surface area contributed by atoms with E-state index in [1.807, 2.05) is 30.3 Å². The Balaban J connectivity index is 1.96. The van der Waals surface area contributed by atoms with Crippen LogP contribution in [0.1, 0.15) is 17.0 Å². The molecule has 0 N–H and O–H groups in total. The first kappa shape index (κ1) is 12.6. The molecule has 0 aliphatic carbocycles. The number of aromatic nitrogens is 4. The van der Waals surface area contributed by atoms with Crippen molar-refractivity contribution in [1.29, 1.82) is 5.26 Å². The summed E-state index contributed by atoms with van der Waals surface area (Å²) in [6.07, 6.45) is 1.63. The molecule has 2 heterocycles. The number of halogens is 1. The fourth-order valence-electron chi connectivity index (χ4n) is 2.02. The number of nitrogens with zero attached hydrogens (tertiary/aromatic N) is 5. The van der Waals surface area contributed by atoms with E-state index >= 15 is 0 Å². The lowest BCUT2D eigenvalue weighted by Crippen LogP contribution is -2.04. The van der Waals surface area contributed by atoms with Crippen molar-refractivity contribution in [3.63, 3.8) is 0 Å². The number of aryl methyl sites for hydroxylation is 1. The van der Waals surface area contributed by atoms with Gasteiger partial charge in [-0.1, -0.05) is 17.7 Å². The fraction of sp³-hybridized carbons (Fsp3) is 0.143. The molecule has 0 unspecified atom stereocenters. The molecule has 5 nitrogen and oxygen atoms in total. The zero-order valence-electron chi connectivity index (χ0n) is 10.7. The summed E-state index contributed by atoms with van der Waals surface area (Å²) in [7, 11) is 0. The second-order valence-electron chi connectivity index (χ2n) is 4.46. The molecular formula is C14H10ClN5. The summed E-state index contributed by atoms with van der Waals surface area (Å²) in [5.74, 6) is 0. The normalized spacial score (nSPS) is 10.7. The molecule has 0 spiro atoms. The number of nitriles is 1. The largest absolute Gasteiger partial charge is 0.255 e. The molecule has 0 radical (unpaired) electrons. The number of benzene rings is 1. The van der Waals surface area contributed by atoms with E-state index in [2.05, 4.69) is 15.2 Å². The Bertz CT molecular complexity index is 831. The maximum Gasteiger partial charge on any atom is 0.185 e. The summed E-state index contributed by atoms with van der Waals surface area (Å²) in [6, 6.07) is 9.79. The molecule has 0 aliphatic rings. The Morgan fingerprint density at radius 2 is 2.15 bits per heavy atom. The van der Waals surface area contributed by atoms with Crippen molar-refractivity contribution in [3.8, 4) is 6.07 Å². The Kier molecular flexibility index (Phi) is 3.09. The van der Waals surface area contributed by atoms with Crippen molar-refractivity contribution in [2.75, 3.05) is 0 Å². The highest BCUT2D eigenvalue weighted by atomic mass is 35.5. The number of pyridine rings is 1. The summed E-state index contributed by atoms with van der Waals surface area (Å²) in [5.41, 5.74) is 2.91. The van der Waals surface area contributed by atoms with E-state index in [1.54, 1.807) is 13.1 Å². The van der Waals surface area contributed by atoms with Gasteiger partial charge in [-0.05, 0) is 30.7 Å². The van der Waals surface area contributed by atoms with E-state index in [1.165, 1.54) is 4.80 Å². The van der Waals surface area contributed by atoms with Crippen LogP contribution in [-0.2, 0) is 6.54 Å². The minimum Gasteiger partial charge on any atom is -0.255 e. The van der Waals surface area contributed by atoms with Gasteiger partial charge in [-0.15, -0.1) is 5.10 Å². The second kappa shape index (κ2) is 4.91. The summed E-state index contributed by atoms with van der Waals surface area (Å²) in [5, 5.41) is 18.8. The minimum absolute atomic E-state index is 0.357. The molecule has 0 saturated carbocycles. The molecule has 3 rings (SSSR count). The van der Waals surface area contributed by atoms with Gasteiger partial charge in [-0.2, -0.15) is 15.2 Å². The first-order chi connectivity index (χ1) is 9.65. The van der Waals surface area contributed by atoms with Crippen molar-refractivity contribution in [3.05, 3.63) is 52.4 Å². The van der Waals surface area contributed by atoms with E-state index in [9.17, 15) is 0 Å². The van der Waals surface area contributed by atoms with Crippen LogP contribution in [0.25, 0.3) is 10.9 Å². The van der Waals surface area contributed by atoms with Gasteiger partial charge in [-0.25, -0.2) is 0 Å². The van der Waals surface area contributed by atoms with E-state index in [0.717, 1.165) is 16.5 Å². The van der Waals surface area contributed by atoms with Crippen molar-refractivity contribution in [2.24, 2.45) is 0 Å². The van der Waals surface area contributed by atoms with Gasteiger partial charge in [0, 0.05) is 11.6 Å². The minimum atomic E-state index is 0.357. The van der Waals surface area contributed by atoms with Crippen LogP contribution in [0.2, 0.25) is 5.02 Å². The number of rotatable bonds is 2. The lowest BCUT2D eigenvalue weighted by molar-refractivity contribution is 0.587. The average Bonchev–Trinajstić information content (AvgIpc) is 2.78. The van der Waals surface area contributed by atoms with Crippen LogP contribution in [-0.4, -0.2) is 20.0 Å². The number of fused-ring (bicyclic) bond motifs is 1. The third-order valence-corrected chi connectivity index (χ3v) is 3.17. The molecule has 0 bridgehead atoms. The molecule has 2 aromatic heterocycles. The van der Waals surface area contributed by atoms with Gasteiger partial charge in [0.2, 0.25) is 0 Å². The molecule has 6 heteroatoms. The van der Waals surface area contributed by atoms with Crippen LogP contribution < -0.4 is 0 Å². The molecular weight excluding hydrogens is 274 g/mol. The van der Waals surface area contributed by atoms with Crippen LogP contribution in [0, 0.1) is 18.3 Å². The summed E-state index contributed by atoms with van der Waals surface area (Å²) < 4.78 is 0. The highest BCUT2D eigenvalue weighted by molar-refractivity contribution is 6.31. The zero-order valence-corrected chi connectivity index (χ0v) is 11.5. The van der Waals surface area contributed by atoms with Crippen molar-refractivity contribution in [2.45, 2.75) is 13.5 Å². The van der Waals surface area contributed by atoms with E-state index in [4.69, 9.17) is 16.9 Å². The lowest BCUT2D eigenvalue weighted by Gasteiger charge is -2.03. The quantitative estimate of drug-likeness (QED) is 0.725. The molecule has 0 saturated heterocycles. The third-order valence-electron chi connectivity index (χ3n) is 2.97. The van der Waals surface area contributed by atoms with Crippen molar-refractivity contribution in [1.82, 2.24) is 20.0 Å². The van der Waals surface area contributed by atoms with Crippen LogP contribution >= 0.6 is 11.6 Å². The number of hydrogen-bond acceptors (Lipinski definition) is 4. The number of hydrogen-bond donors (Lipinski definition) is 0. The Morgan fingerprint density at radius 3 is 2.90 bits per heavy atom. The topological polar surface area (TPSA) is 67.4 Å². The molecule has 0 amide bonds. The van der Waals surface area contributed by atoms with Crippen molar-refractivity contribution < 1.29 is 0 Å². The summed E-state index contributed by atoms with van der Waals surface area (Å²) in [4.78, 5) is 5.77. The summed E-state index contributed by atoms with van der Waals surface area (Å²) >= 11 is 5.95. The second-order valence-corrected chi connectivity index (χ2v) is 4.89. The molecule has 0 atom stereocenters. The average molecular weight is 284 g/mol. The highest BCUT2D eigenvalue weighted by Crippen LogP contribution is 2.18.